The number of halogens is 1. The molecule has 1 aromatic heterocycles. The van der Waals surface area contributed by atoms with E-state index < -0.39 is 0 Å². The number of nitrogens with zero attached hydrogens (tertiary/aromatic N) is 1. The fourth-order valence-electron chi connectivity index (χ4n) is 1.60. The van der Waals surface area contributed by atoms with Crippen LogP contribution in [-0.4, -0.2) is 16.5 Å². The van der Waals surface area contributed by atoms with Gasteiger partial charge in [0.05, 0.1) is 0 Å². The van der Waals surface area contributed by atoms with Crippen molar-refractivity contribution in [3.63, 3.8) is 0 Å². The molecule has 100 valence electrons. The Balaban J connectivity index is 2.26. The summed E-state index contributed by atoms with van der Waals surface area (Å²) in [5.41, 5.74) is 12.0. The second kappa shape index (κ2) is 6.10. The summed E-state index contributed by atoms with van der Waals surface area (Å²) in [7, 11) is 0. The smallest absolute Gasteiger partial charge is 0.253 e. The molecule has 1 aromatic carbocycles. The number of hydrogen-bond donors (Lipinski definition) is 3. The van der Waals surface area contributed by atoms with E-state index in [1.165, 1.54) is 17.8 Å². The maximum absolute atomic E-state index is 11.3. The van der Waals surface area contributed by atoms with Crippen LogP contribution in [-0.2, 0) is 0 Å². The van der Waals surface area contributed by atoms with Crippen LogP contribution in [0.5, 0.6) is 0 Å². The fourth-order valence-corrected chi connectivity index (χ4v) is 2.77. The third kappa shape index (κ3) is 3.73. The third-order valence-electron chi connectivity index (χ3n) is 2.43. The highest BCUT2D eigenvalue weighted by molar-refractivity contribution is 7.99. The Bertz CT molecular complexity index is 631. The van der Waals surface area contributed by atoms with Gasteiger partial charge in [-0.05, 0) is 17.7 Å². The molecule has 19 heavy (non-hydrogen) atoms. The molecule has 1 atom stereocenters. The largest absolute Gasteiger partial charge is 0.383 e. The van der Waals surface area contributed by atoms with Crippen LogP contribution >= 0.6 is 23.4 Å². The third-order valence-corrected chi connectivity index (χ3v) is 3.83. The quantitative estimate of drug-likeness (QED) is 0.590. The maximum Gasteiger partial charge on any atom is 0.253 e. The molecule has 0 aliphatic rings. The molecule has 0 spiro atoms. The first kappa shape index (κ1) is 13.9. The molecule has 2 rings (SSSR count). The van der Waals surface area contributed by atoms with Crippen LogP contribution in [0.3, 0.4) is 0 Å². The average Bonchev–Trinajstić information content (AvgIpc) is 2.34. The molecule has 7 heteroatoms. The Hall–Kier alpha value is -1.50. The molecular formula is C12H13ClN4OS. The van der Waals surface area contributed by atoms with Gasteiger partial charge in [0, 0.05) is 22.9 Å². The lowest BCUT2D eigenvalue weighted by molar-refractivity contribution is 0.901. The number of H-pyrrole nitrogens is 1. The molecule has 5 N–H and O–H groups in total. The molecule has 2 aromatic rings. The van der Waals surface area contributed by atoms with Crippen molar-refractivity contribution in [3.8, 4) is 0 Å². The molecule has 0 bridgehead atoms. The van der Waals surface area contributed by atoms with Gasteiger partial charge in [0.2, 0.25) is 0 Å². The molecule has 0 radical (unpaired) electrons. The lowest BCUT2D eigenvalue weighted by atomic mass is 10.1. The predicted molar refractivity (Wildman–Crippen MR) is 78.4 cm³/mol. The minimum absolute atomic E-state index is 0.0522. The van der Waals surface area contributed by atoms with E-state index in [1.807, 2.05) is 18.2 Å². The summed E-state index contributed by atoms with van der Waals surface area (Å²) in [6.45, 7) is 0.392. The van der Waals surface area contributed by atoms with Crippen LogP contribution in [0.4, 0.5) is 5.82 Å². The first-order valence-corrected chi connectivity index (χ1v) is 6.83. The van der Waals surface area contributed by atoms with E-state index in [9.17, 15) is 4.79 Å². The van der Waals surface area contributed by atoms with Crippen molar-refractivity contribution in [2.45, 2.75) is 10.4 Å². The number of nitrogens with one attached hydrogen (secondary N) is 1. The van der Waals surface area contributed by atoms with Gasteiger partial charge in [0.25, 0.3) is 5.56 Å². The number of hydrogen-bond acceptors (Lipinski definition) is 5. The Morgan fingerprint density at radius 1 is 1.42 bits per heavy atom. The Morgan fingerprint density at radius 2 is 2.21 bits per heavy atom. The number of rotatable bonds is 4. The number of thioether (sulfide) groups is 1. The fraction of sp³-hybridized carbons (Fsp3) is 0.167. The molecule has 0 aliphatic heterocycles. The zero-order chi connectivity index (χ0) is 13.8. The van der Waals surface area contributed by atoms with Crippen molar-refractivity contribution in [3.05, 3.63) is 51.3 Å². The molecule has 1 heterocycles. The topological polar surface area (TPSA) is 97.8 Å². The summed E-state index contributed by atoms with van der Waals surface area (Å²) in [6, 6.07) is 8.67. The predicted octanol–water partition coefficient (Wildman–Crippen LogP) is 1.80. The van der Waals surface area contributed by atoms with Crippen molar-refractivity contribution in [2.75, 3.05) is 12.3 Å². The van der Waals surface area contributed by atoms with Gasteiger partial charge >= 0.3 is 0 Å². The number of nitrogen functional groups attached to an aromatic ring is 1. The standard InChI is InChI=1S/C12H13ClN4OS/c13-8-3-1-2-7(4-8)9(6-14)19-12-16-10(15)5-11(18)17-12/h1-5,9H,6,14H2,(H3,15,16,17,18). The van der Waals surface area contributed by atoms with Gasteiger partial charge in [0.15, 0.2) is 5.16 Å². The first-order valence-electron chi connectivity index (χ1n) is 5.57. The molecule has 0 fully saturated rings. The van der Waals surface area contributed by atoms with E-state index in [0.717, 1.165) is 5.56 Å². The summed E-state index contributed by atoms with van der Waals surface area (Å²) < 4.78 is 0. The summed E-state index contributed by atoms with van der Waals surface area (Å²) in [5, 5.41) is 1.04. The van der Waals surface area contributed by atoms with Crippen molar-refractivity contribution in [1.82, 2.24) is 9.97 Å². The van der Waals surface area contributed by atoms with Gasteiger partial charge in [0.1, 0.15) is 5.82 Å². The van der Waals surface area contributed by atoms with E-state index in [4.69, 9.17) is 23.1 Å². The SMILES string of the molecule is NCC(Sc1nc(N)cc(=O)[nH]1)c1cccc(Cl)c1. The van der Waals surface area contributed by atoms with E-state index in [-0.39, 0.29) is 16.6 Å². The molecule has 1 unspecified atom stereocenters. The normalized spacial score (nSPS) is 12.3. The molecule has 0 saturated carbocycles. The second-order valence-corrected chi connectivity index (χ2v) is 5.50. The van der Waals surface area contributed by atoms with Crippen molar-refractivity contribution in [2.24, 2.45) is 5.73 Å². The maximum atomic E-state index is 11.3. The molecular weight excluding hydrogens is 284 g/mol. The monoisotopic (exact) mass is 296 g/mol. The zero-order valence-corrected chi connectivity index (χ0v) is 11.5. The first-order chi connectivity index (χ1) is 9.08. The van der Waals surface area contributed by atoms with E-state index in [1.54, 1.807) is 6.07 Å². The highest BCUT2D eigenvalue weighted by atomic mass is 35.5. The summed E-state index contributed by atoms with van der Waals surface area (Å²) in [5.74, 6) is 0.188. The van der Waals surface area contributed by atoms with Gasteiger partial charge < -0.3 is 16.5 Å². The van der Waals surface area contributed by atoms with E-state index >= 15 is 0 Å². The lowest BCUT2D eigenvalue weighted by Crippen LogP contribution is -2.13. The summed E-state index contributed by atoms with van der Waals surface area (Å²) in [6.07, 6.45) is 0. The van der Waals surface area contributed by atoms with Gasteiger partial charge in [-0.15, -0.1) is 0 Å². The highest BCUT2D eigenvalue weighted by Crippen LogP contribution is 2.33. The summed E-state index contributed by atoms with van der Waals surface area (Å²) >= 11 is 7.30. The van der Waals surface area contributed by atoms with Crippen LogP contribution < -0.4 is 17.0 Å². The van der Waals surface area contributed by atoms with Gasteiger partial charge in [-0.1, -0.05) is 35.5 Å². The molecule has 0 aliphatic carbocycles. The van der Waals surface area contributed by atoms with Crippen LogP contribution in [0.25, 0.3) is 0 Å². The van der Waals surface area contributed by atoms with Crippen LogP contribution in [0.15, 0.2) is 40.3 Å². The van der Waals surface area contributed by atoms with Gasteiger partial charge in [-0.2, -0.15) is 0 Å². The number of aromatic amines is 1. The minimum Gasteiger partial charge on any atom is -0.383 e. The van der Waals surface area contributed by atoms with E-state index in [2.05, 4.69) is 9.97 Å². The lowest BCUT2D eigenvalue weighted by Gasteiger charge is -2.14. The Morgan fingerprint density at radius 3 is 2.84 bits per heavy atom. The van der Waals surface area contributed by atoms with Crippen molar-refractivity contribution < 1.29 is 0 Å². The van der Waals surface area contributed by atoms with Crippen LogP contribution in [0.1, 0.15) is 10.8 Å². The Kier molecular flexibility index (Phi) is 4.47. The average molecular weight is 297 g/mol. The Labute approximate surface area is 119 Å². The van der Waals surface area contributed by atoms with Gasteiger partial charge in [-0.3, -0.25) is 4.79 Å². The van der Waals surface area contributed by atoms with Crippen LogP contribution in [0.2, 0.25) is 5.02 Å². The molecule has 5 nitrogen and oxygen atoms in total. The molecule has 0 amide bonds. The summed E-state index contributed by atoms with van der Waals surface area (Å²) in [4.78, 5) is 18.0. The van der Waals surface area contributed by atoms with Gasteiger partial charge in [-0.25, -0.2) is 4.98 Å². The minimum atomic E-state index is -0.281. The second-order valence-electron chi connectivity index (χ2n) is 3.87. The van der Waals surface area contributed by atoms with Crippen LogP contribution in [0, 0.1) is 0 Å². The number of benzene rings is 1. The van der Waals surface area contributed by atoms with Crippen molar-refractivity contribution in [1.29, 1.82) is 0 Å². The number of anilines is 1. The zero-order valence-electron chi connectivity index (χ0n) is 9.97. The number of nitrogens with two attached hydrogens (primary N) is 2. The van der Waals surface area contributed by atoms with Crippen molar-refractivity contribution >= 4 is 29.2 Å². The number of aromatic nitrogens is 2. The molecule has 0 saturated heterocycles. The highest BCUT2D eigenvalue weighted by Gasteiger charge is 2.13. The van der Waals surface area contributed by atoms with E-state index in [0.29, 0.717) is 16.7 Å².